The molecule has 1 fully saturated rings. The van der Waals surface area contributed by atoms with Crippen LogP contribution in [0.2, 0.25) is 0 Å². The molecule has 1 saturated heterocycles. The number of likely N-dealkylation sites (tertiary alicyclic amines) is 1. The van der Waals surface area contributed by atoms with Gasteiger partial charge in [-0.25, -0.2) is 19.3 Å². The summed E-state index contributed by atoms with van der Waals surface area (Å²) in [4.78, 5) is 38.7. The van der Waals surface area contributed by atoms with Crippen molar-refractivity contribution in [2.24, 2.45) is 0 Å². The molecule has 1 aromatic carbocycles. The summed E-state index contributed by atoms with van der Waals surface area (Å²) in [5.74, 6) is -0.727. The summed E-state index contributed by atoms with van der Waals surface area (Å²) in [6.07, 6.45) is 4.67. The highest BCUT2D eigenvalue weighted by Gasteiger charge is 2.26. The van der Waals surface area contributed by atoms with Crippen molar-refractivity contribution in [3.63, 3.8) is 0 Å². The van der Waals surface area contributed by atoms with E-state index < -0.39 is 5.82 Å². The molecule has 4 rings (SSSR count). The number of carbonyl (C=O) groups is 1. The van der Waals surface area contributed by atoms with Crippen LogP contribution in [0, 0.1) is 5.82 Å². The summed E-state index contributed by atoms with van der Waals surface area (Å²) in [6.45, 7) is 0.852. The van der Waals surface area contributed by atoms with Gasteiger partial charge in [-0.05, 0) is 25.0 Å². The number of para-hydroxylation sites is 1. The van der Waals surface area contributed by atoms with E-state index in [-0.39, 0.29) is 30.1 Å². The van der Waals surface area contributed by atoms with Crippen LogP contribution in [0.3, 0.4) is 0 Å². The minimum Gasteiger partial charge on any atom is -0.458 e. The molecule has 8 nitrogen and oxygen atoms in total. The first-order valence-electron chi connectivity index (χ1n) is 8.96. The molecule has 1 aliphatic heterocycles. The van der Waals surface area contributed by atoms with Crippen LogP contribution in [0.25, 0.3) is 10.9 Å². The quantitative estimate of drug-likeness (QED) is 0.676. The zero-order valence-corrected chi connectivity index (χ0v) is 15.0. The van der Waals surface area contributed by atoms with Crippen molar-refractivity contribution in [3.8, 4) is 6.01 Å². The standard InChI is InChI=1S/C19H18FN5O3/c20-13-8-21-19(22-9-13)28-14-4-3-7-24(10-14)17(26)11-25-12-23-16-6-2-1-5-15(16)18(25)27/h1-2,5-6,8-9,12,14H,3-4,7,10-11H2. The summed E-state index contributed by atoms with van der Waals surface area (Å²) in [7, 11) is 0. The van der Waals surface area contributed by atoms with Gasteiger partial charge >= 0.3 is 6.01 Å². The largest absolute Gasteiger partial charge is 0.458 e. The molecule has 9 heteroatoms. The van der Waals surface area contributed by atoms with E-state index in [1.165, 1.54) is 10.9 Å². The Kier molecular flexibility index (Phi) is 4.96. The number of rotatable bonds is 4. The number of hydrogen-bond donors (Lipinski definition) is 0. The molecule has 0 spiro atoms. The molecule has 0 radical (unpaired) electrons. The van der Waals surface area contributed by atoms with Gasteiger partial charge in [-0.3, -0.25) is 14.2 Å². The predicted molar refractivity (Wildman–Crippen MR) is 98.2 cm³/mol. The van der Waals surface area contributed by atoms with Gasteiger partial charge in [0.2, 0.25) is 5.91 Å². The smallest absolute Gasteiger partial charge is 0.316 e. The predicted octanol–water partition coefficient (Wildman–Crippen LogP) is 1.40. The van der Waals surface area contributed by atoms with Crippen LogP contribution in [-0.2, 0) is 11.3 Å². The molecule has 1 unspecified atom stereocenters. The molecule has 0 saturated carbocycles. The number of hydrogen-bond acceptors (Lipinski definition) is 6. The molecule has 0 bridgehead atoms. The molecule has 2 aromatic heterocycles. The highest BCUT2D eigenvalue weighted by Crippen LogP contribution is 2.16. The molecule has 144 valence electrons. The van der Waals surface area contributed by atoms with Crippen LogP contribution >= 0.6 is 0 Å². The van der Waals surface area contributed by atoms with Crippen LogP contribution in [0.5, 0.6) is 6.01 Å². The first-order valence-corrected chi connectivity index (χ1v) is 8.96. The molecule has 1 amide bonds. The van der Waals surface area contributed by atoms with Crippen LogP contribution in [0.15, 0.2) is 47.8 Å². The van der Waals surface area contributed by atoms with E-state index in [0.29, 0.717) is 24.0 Å². The third-order valence-electron chi connectivity index (χ3n) is 4.64. The van der Waals surface area contributed by atoms with E-state index >= 15 is 0 Å². The summed E-state index contributed by atoms with van der Waals surface area (Å²) >= 11 is 0. The van der Waals surface area contributed by atoms with E-state index in [1.807, 2.05) is 6.07 Å². The second-order valence-corrected chi connectivity index (χ2v) is 6.60. The molecule has 1 atom stereocenters. The average molecular weight is 383 g/mol. The van der Waals surface area contributed by atoms with Crippen LogP contribution < -0.4 is 10.3 Å². The highest BCUT2D eigenvalue weighted by molar-refractivity contribution is 5.79. The van der Waals surface area contributed by atoms with Gasteiger partial charge in [0.05, 0.1) is 36.2 Å². The fourth-order valence-corrected chi connectivity index (χ4v) is 3.24. The molecule has 1 aliphatic rings. The van der Waals surface area contributed by atoms with Crippen molar-refractivity contribution in [1.29, 1.82) is 0 Å². The van der Waals surface area contributed by atoms with Crippen LogP contribution in [0.1, 0.15) is 12.8 Å². The third-order valence-corrected chi connectivity index (χ3v) is 4.64. The Morgan fingerprint density at radius 2 is 2.00 bits per heavy atom. The number of fused-ring (bicyclic) bond motifs is 1. The number of benzene rings is 1. The minimum atomic E-state index is -0.540. The summed E-state index contributed by atoms with van der Waals surface area (Å²) in [5.41, 5.74) is 0.352. The van der Waals surface area contributed by atoms with Crippen molar-refractivity contribution in [3.05, 3.63) is 59.2 Å². The Bertz CT molecular complexity index is 1050. The monoisotopic (exact) mass is 383 g/mol. The van der Waals surface area contributed by atoms with Crippen molar-refractivity contribution in [2.75, 3.05) is 13.1 Å². The van der Waals surface area contributed by atoms with Gasteiger partial charge in [-0.1, -0.05) is 12.1 Å². The van der Waals surface area contributed by atoms with Crippen molar-refractivity contribution < 1.29 is 13.9 Å². The SMILES string of the molecule is O=C(Cn1cnc2ccccc2c1=O)N1CCCC(Oc2ncc(F)cn2)C1. The summed E-state index contributed by atoms with van der Waals surface area (Å²) < 4.78 is 19.9. The Balaban J connectivity index is 1.44. The average Bonchev–Trinajstić information content (AvgIpc) is 2.72. The molecular formula is C19H18FN5O3. The van der Waals surface area contributed by atoms with Gasteiger partial charge < -0.3 is 9.64 Å². The number of amides is 1. The lowest BCUT2D eigenvalue weighted by atomic mass is 10.1. The van der Waals surface area contributed by atoms with Crippen molar-refractivity contribution in [2.45, 2.75) is 25.5 Å². The van der Waals surface area contributed by atoms with Crippen molar-refractivity contribution >= 4 is 16.8 Å². The second-order valence-electron chi connectivity index (χ2n) is 6.60. The summed E-state index contributed by atoms with van der Waals surface area (Å²) in [6, 6.07) is 7.10. The Morgan fingerprint density at radius 1 is 1.21 bits per heavy atom. The zero-order chi connectivity index (χ0) is 19.5. The van der Waals surface area contributed by atoms with E-state index in [2.05, 4.69) is 15.0 Å². The Labute approximate surface area is 159 Å². The van der Waals surface area contributed by atoms with Gasteiger partial charge in [0.1, 0.15) is 12.6 Å². The second kappa shape index (κ2) is 7.71. The van der Waals surface area contributed by atoms with Gasteiger partial charge in [0.25, 0.3) is 5.56 Å². The number of halogens is 1. The maximum atomic E-state index is 12.9. The number of ether oxygens (including phenoxy) is 1. The molecular weight excluding hydrogens is 365 g/mol. The Hall–Kier alpha value is -3.36. The number of aromatic nitrogens is 4. The maximum Gasteiger partial charge on any atom is 0.316 e. The molecule has 28 heavy (non-hydrogen) atoms. The summed E-state index contributed by atoms with van der Waals surface area (Å²) in [5, 5.41) is 0.478. The molecule has 3 heterocycles. The van der Waals surface area contributed by atoms with Gasteiger partial charge in [0, 0.05) is 6.54 Å². The first-order chi connectivity index (χ1) is 13.6. The molecule has 3 aromatic rings. The normalized spacial score (nSPS) is 16.9. The topological polar surface area (TPSA) is 90.2 Å². The van der Waals surface area contributed by atoms with E-state index in [0.717, 1.165) is 25.2 Å². The number of carbonyl (C=O) groups excluding carboxylic acids is 1. The highest BCUT2D eigenvalue weighted by atomic mass is 19.1. The zero-order valence-electron chi connectivity index (χ0n) is 15.0. The minimum absolute atomic E-state index is 0.0793. The molecule has 0 aliphatic carbocycles. The van der Waals surface area contributed by atoms with Crippen LogP contribution in [0.4, 0.5) is 4.39 Å². The molecule has 0 N–H and O–H groups in total. The van der Waals surface area contributed by atoms with Gasteiger partial charge in [0.15, 0.2) is 5.82 Å². The van der Waals surface area contributed by atoms with Gasteiger partial charge in [-0.15, -0.1) is 0 Å². The number of nitrogens with zero attached hydrogens (tertiary/aromatic N) is 5. The van der Waals surface area contributed by atoms with Crippen LogP contribution in [-0.4, -0.2) is 49.5 Å². The lowest BCUT2D eigenvalue weighted by Gasteiger charge is -2.32. The lowest BCUT2D eigenvalue weighted by molar-refractivity contribution is -0.134. The number of piperidine rings is 1. The fraction of sp³-hybridized carbons (Fsp3) is 0.316. The van der Waals surface area contributed by atoms with Gasteiger partial charge in [-0.2, -0.15) is 0 Å². The maximum absolute atomic E-state index is 12.9. The van der Waals surface area contributed by atoms with E-state index in [9.17, 15) is 14.0 Å². The fourth-order valence-electron chi connectivity index (χ4n) is 3.24. The lowest BCUT2D eigenvalue weighted by Crippen LogP contribution is -2.46. The van der Waals surface area contributed by atoms with Crippen molar-refractivity contribution in [1.82, 2.24) is 24.4 Å². The third kappa shape index (κ3) is 3.83. The van der Waals surface area contributed by atoms with E-state index in [1.54, 1.807) is 23.1 Å². The Morgan fingerprint density at radius 3 is 2.82 bits per heavy atom. The van der Waals surface area contributed by atoms with E-state index in [4.69, 9.17) is 4.74 Å². The first kappa shape index (κ1) is 18.0.